The van der Waals surface area contributed by atoms with Crippen LogP contribution in [0.5, 0.6) is 0 Å². The van der Waals surface area contributed by atoms with Gasteiger partial charge < -0.3 is 22.9 Å². The molecule has 7 nitrogen and oxygen atoms in total. The molecule has 0 aliphatic heterocycles. The predicted octanol–water partition coefficient (Wildman–Crippen LogP) is 0.0627. The quantitative estimate of drug-likeness (QED) is 0.287. The maximum atomic E-state index is 13.1. The lowest BCUT2D eigenvalue weighted by atomic mass is 10.1. The van der Waals surface area contributed by atoms with Crippen LogP contribution in [0.25, 0.3) is 0 Å². The van der Waals surface area contributed by atoms with E-state index in [0.29, 0.717) is 0 Å². The molecule has 0 atom stereocenters. The highest BCUT2D eigenvalue weighted by Crippen LogP contribution is 2.40. The lowest BCUT2D eigenvalue weighted by Crippen LogP contribution is -2.10. The number of hydrogen-bond donors (Lipinski definition) is 4. The Morgan fingerprint density at radius 1 is 1.00 bits per heavy atom. The van der Waals surface area contributed by atoms with E-state index in [0.717, 1.165) is 0 Å². The van der Waals surface area contributed by atoms with Crippen molar-refractivity contribution in [3.8, 4) is 0 Å². The van der Waals surface area contributed by atoms with Gasteiger partial charge in [0.25, 0.3) is 0 Å². The molecule has 0 spiro atoms. The molecule has 0 saturated heterocycles. The maximum Gasteiger partial charge on any atom is 0.319 e. The predicted molar refractivity (Wildman–Crippen MR) is 50.7 cm³/mol. The van der Waals surface area contributed by atoms with E-state index in [1.165, 1.54) is 0 Å². The van der Waals surface area contributed by atoms with Crippen LogP contribution >= 0.6 is 0 Å². The summed E-state index contributed by atoms with van der Waals surface area (Å²) in [6, 6.07) is 0. The fourth-order valence-electron chi connectivity index (χ4n) is 0.978. The molecule has 0 aliphatic rings. The van der Waals surface area contributed by atoms with Gasteiger partial charge in [0.15, 0.2) is 5.82 Å². The lowest BCUT2D eigenvalue weighted by molar-refractivity contribution is -0.382. The molecular weight excluding hydrogens is 193 g/mol. The summed E-state index contributed by atoms with van der Waals surface area (Å²) in [5, 5.41) is 10.5. The summed E-state index contributed by atoms with van der Waals surface area (Å²) in [7, 11) is 0. The first kappa shape index (κ1) is 9.84. The average molecular weight is 201 g/mol. The van der Waals surface area contributed by atoms with Crippen LogP contribution in [-0.2, 0) is 0 Å². The zero-order valence-corrected chi connectivity index (χ0v) is 6.95. The van der Waals surface area contributed by atoms with Crippen molar-refractivity contribution in [1.82, 2.24) is 0 Å². The Bertz CT molecular complexity index is 390. The fraction of sp³-hybridized carbons (Fsp3) is 0. The largest absolute Gasteiger partial charge is 0.394 e. The van der Waals surface area contributed by atoms with Crippen molar-refractivity contribution in [1.29, 1.82) is 0 Å². The summed E-state index contributed by atoms with van der Waals surface area (Å²) >= 11 is 0. The average Bonchev–Trinajstić information content (AvgIpc) is 2.11. The zero-order chi connectivity index (χ0) is 11.0. The van der Waals surface area contributed by atoms with E-state index in [1.807, 2.05) is 0 Å². The van der Waals surface area contributed by atoms with Crippen molar-refractivity contribution in [3.63, 3.8) is 0 Å². The summed E-state index contributed by atoms with van der Waals surface area (Å²) in [4.78, 5) is 9.61. The van der Waals surface area contributed by atoms with E-state index in [-0.39, 0.29) is 0 Å². The molecule has 0 unspecified atom stereocenters. The summed E-state index contributed by atoms with van der Waals surface area (Å²) in [5.41, 5.74) is 17.9. The number of anilines is 4. The number of nitrogens with zero attached hydrogens (tertiary/aromatic N) is 1. The van der Waals surface area contributed by atoms with Crippen molar-refractivity contribution in [2.75, 3.05) is 22.9 Å². The van der Waals surface area contributed by atoms with Gasteiger partial charge in [-0.2, -0.15) is 0 Å². The molecule has 0 radical (unpaired) electrons. The molecular formula is C6H8FN5O2. The van der Waals surface area contributed by atoms with E-state index >= 15 is 0 Å². The fourth-order valence-corrected chi connectivity index (χ4v) is 0.978. The summed E-state index contributed by atoms with van der Waals surface area (Å²) in [6.45, 7) is 0. The number of rotatable bonds is 1. The van der Waals surface area contributed by atoms with Gasteiger partial charge in [-0.15, -0.1) is 0 Å². The Hall–Kier alpha value is -2.25. The van der Waals surface area contributed by atoms with Gasteiger partial charge in [-0.3, -0.25) is 10.1 Å². The number of nitro benzene ring substituents is 1. The normalized spacial score (nSPS) is 10.1. The van der Waals surface area contributed by atoms with Crippen molar-refractivity contribution in [2.45, 2.75) is 0 Å². The molecule has 0 aromatic heterocycles. The standard InChI is InChI=1S/C6H8FN5O2/c7-1-2(8)4(10)6(12(13)14)5(11)3(1)9/h8-11H2. The molecule has 8 N–H and O–H groups in total. The van der Waals surface area contributed by atoms with Crippen LogP contribution < -0.4 is 22.9 Å². The van der Waals surface area contributed by atoms with Crippen molar-refractivity contribution < 1.29 is 9.31 Å². The topological polar surface area (TPSA) is 147 Å². The molecule has 0 heterocycles. The number of nitrogens with two attached hydrogens (primary N) is 4. The van der Waals surface area contributed by atoms with Gasteiger partial charge in [0.2, 0.25) is 0 Å². The molecule has 0 saturated carbocycles. The molecule has 14 heavy (non-hydrogen) atoms. The van der Waals surface area contributed by atoms with Crippen molar-refractivity contribution >= 4 is 28.4 Å². The minimum atomic E-state index is -1.04. The molecule has 1 rings (SSSR count). The van der Waals surface area contributed by atoms with E-state index < -0.39 is 39.2 Å². The number of benzene rings is 1. The Kier molecular flexibility index (Phi) is 2.04. The molecule has 0 amide bonds. The SMILES string of the molecule is Nc1c(N)c([N+](=O)[O-])c(N)c(N)c1F. The van der Waals surface area contributed by atoms with Gasteiger partial charge in [-0.25, -0.2) is 4.39 Å². The second kappa shape index (κ2) is 2.91. The van der Waals surface area contributed by atoms with Gasteiger partial charge in [0, 0.05) is 0 Å². The minimum Gasteiger partial charge on any atom is -0.394 e. The maximum absolute atomic E-state index is 13.1. The molecule has 8 heteroatoms. The lowest BCUT2D eigenvalue weighted by Gasteiger charge is -2.08. The first-order valence-corrected chi connectivity index (χ1v) is 3.43. The molecule has 1 aromatic carbocycles. The van der Waals surface area contributed by atoms with E-state index in [4.69, 9.17) is 22.9 Å². The molecule has 0 bridgehead atoms. The summed E-state index contributed by atoms with van der Waals surface area (Å²) in [5.74, 6) is -1.04. The Labute approximate surface area is 77.6 Å². The Balaban J connectivity index is 3.68. The molecule has 0 fully saturated rings. The van der Waals surface area contributed by atoms with Gasteiger partial charge >= 0.3 is 5.69 Å². The van der Waals surface area contributed by atoms with Crippen LogP contribution in [0.1, 0.15) is 0 Å². The van der Waals surface area contributed by atoms with E-state index in [1.54, 1.807) is 0 Å². The van der Waals surface area contributed by atoms with Gasteiger partial charge in [-0.05, 0) is 0 Å². The first-order chi connectivity index (χ1) is 6.37. The highest BCUT2D eigenvalue weighted by atomic mass is 19.1. The number of hydrogen-bond acceptors (Lipinski definition) is 6. The third-order valence-corrected chi connectivity index (χ3v) is 1.75. The molecule has 0 aliphatic carbocycles. The minimum absolute atomic E-state index is 0.515. The molecule has 76 valence electrons. The van der Waals surface area contributed by atoms with Gasteiger partial charge in [-0.1, -0.05) is 0 Å². The van der Waals surface area contributed by atoms with Crippen LogP contribution in [-0.4, -0.2) is 4.92 Å². The number of nitro groups is 1. The summed E-state index contributed by atoms with van der Waals surface area (Å²) < 4.78 is 13.1. The Morgan fingerprint density at radius 3 is 1.64 bits per heavy atom. The van der Waals surface area contributed by atoms with Crippen LogP contribution in [0, 0.1) is 15.9 Å². The van der Waals surface area contributed by atoms with Crippen molar-refractivity contribution in [2.24, 2.45) is 0 Å². The van der Waals surface area contributed by atoms with E-state index in [9.17, 15) is 14.5 Å². The smallest absolute Gasteiger partial charge is 0.319 e. The van der Waals surface area contributed by atoms with Crippen LogP contribution in [0.3, 0.4) is 0 Å². The monoisotopic (exact) mass is 201 g/mol. The van der Waals surface area contributed by atoms with Crippen LogP contribution in [0.4, 0.5) is 32.8 Å². The van der Waals surface area contributed by atoms with Gasteiger partial charge in [0.1, 0.15) is 22.7 Å². The molecule has 1 aromatic rings. The Morgan fingerprint density at radius 2 is 1.36 bits per heavy atom. The van der Waals surface area contributed by atoms with Crippen LogP contribution in [0.15, 0.2) is 0 Å². The highest BCUT2D eigenvalue weighted by Gasteiger charge is 2.25. The highest BCUT2D eigenvalue weighted by molar-refractivity contribution is 5.91. The third kappa shape index (κ3) is 1.13. The zero-order valence-electron chi connectivity index (χ0n) is 6.95. The summed E-state index contributed by atoms with van der Waals surface area (Å²) in [6.07, 6.45) is 0. The second-order valence-corrected chi connectivity index (χ2v) is 2.57. The van der Waals surface area contributed by atoms with Crippen LogP contribution in [0.2, 0.25) is 0 Å². The third-order valence-electron chi connectivity index (χ3n) is 1.75. The first-order valence-electron chi connectivity index (χ1n) is 3.43. The second-order valence-electron chi connectivity index (χ2n) is 2.57. The van der Waals surface area contributed by atoms with E-state index in [2.05, 4.69) is 0 Å². The number of nitrogen functional groups attached to an aromatic ring is 4. The van der Waals surface area contributed by atoms with Gasteiger partial charge in [0.05, 0.1) is 4.92 Å². The number of halogens is 1. The van der Waals surface area contributed by atoms with Crippen molar-refractivity contribution in [3.05, 3.63) is 15.9 Å².